The molecule has 1 amide bonds. The van der Waals surface area contributed by atoms with E-state index in [0.29, 0.717) is 23.7 Å². The molecule has 144 valence electrons. The van der Waals surface area contributed by atoms with Crippen molar-refractivity contribution < 1.29 is 27.4 Å². The van der Waals surface area contributed by atoms with Gasteiger partial charge in [0.1, 0.15) is 17.6 Å². The second-order valence-electron chi connectivity index (χ2n) is 6.36. The molecule has 4 nitrogen and oxygen atoms in total. The van der Waals surface area contributed by atoms with Gasteiger partial charge in [-0.25, -0.2) is 0 Å². The number of ether oxygens (including phenoxy) is 2. The summed E-state index contributed by atoms with van der Waals surface area (Å²) < 4.78 is 50.7. The molecule has 0 fully saturated rings. The van der Waals surface area contributed by atoms with Crippen LogP contribution in [-0.2, 0) is 19.1 Å². The first-order valence-electron chi connectivity index (χ1n) is 8.69. The Labute approximate surface area is 155 Å². The van der Waals surface area contributed by atoms with Crippen molar-refractivity contribution >= 4 is 5.91 Å². The van der Waals surface area contributed by atoms with E-state index in [4.69, 9.17) is 9.47 Å². The number of alkyl halides is 3. The lowest BCUT2D eigenvalue weighted by atomic mass is 10.0. The van der Waals surface area contributed by atoms with Crippen molar-refractivity contribution in [2.45, 2.75) is 39.1 Å². The Kier molecular flexibility index (Phi) is 5.30. The third-order valence-electron chi connectivity index (χ3n) is 4.30. The predicted octanol–water partition coefficient (Wildman–Crippen LogP) is 4.36. The van der Waals surface area contributed by atoms with Gasteiger partial charge in [0.05, 0.1) is 17.7 Å². The highest BCUT2D eigenvalue weighted by atomic mass is 19.4. The van der Waals surface area contributed by atoms with Crippen molar-refractivity contribution in [2.24, 2.45) is 0 Å². The molecule has 0 spiro atoms. The molecule has 27 heavy (non-hydrogen) atoms. The minimum atomic E-state index is -4.60. The molecule has 2 aromatic carbocycles. The van der Waals surface area contributed by atoms with Gasteiger partial charge >= 0.3 is 6.18 Å². The Balaban J connectivity index is 1.81. The van der Waals surface area contributed by atoms with Gasteiger partial charge in [0.25, 0.3) is 5.91 Å². The summed E-state index contributed by atoms with van der Waals surface area (Å²) in [5, 5.41) is 2.55. The number of rotatable bonds is 5. The fourth-order valence-electron chi connectivity index (χ4n) is 3.11. The summed E-state index contributed by atoms with van der Waals surface area (Å²) >= 11 is 0. The van der Waals surface area contributed by atoms with Gasteiger partial charge < -0.3 is 14.8 Å². The van der Waals surface area contributed by atoms with Gasteiger partial charge in [0, 0.05) is 24.1 Å². The SMILES string of the molecule is CCOc1cc2c(cc1CNC(=O)c1ccccc1C(F)(F)F)O[C@@H](C)C2. The summed E-state index contributed by atoms with van der Waals surface area (Å²) in [4.78, 5) is 12.4. The quantitative estimate of drug-likeness (QED) is 0.840. The van der Waals surface area contributed by atoms with Gasteiger partial charge in [-0.2, -0.15) is 13.2 Å². The van der Waals surface area contributed by atoms with Crippen LogP contribution < -0.4 is 14.8 Å². The Morgan fingerprint density at radius 1 is 1.30 bits per heavy atom. The molecule has 2 aromatic rings. The smallest absolute Gasteiger partial charge is 0.417 e. The number of halogens is 3. The zero-order chi connectivity index (χ0) is 19.6. The fraction of sp³-hybridized carbons (Fsp3) is 0.350. The summed E-state index contributed by atoms with van der Waals surface area (Å²) in [5.41, 5.74) is 0.304. The molecule has 0 bridgehead atoms. The minimum absolute atomic E-state index is 0.0331. The van der Waals surface area contributed by atoms with E-state index in [1.54, 1.807) is 6.07 Å². The maximum absolute atomic E-state index is 13.1. The normalized spacial score (nSPS) is 15.8. The van der Waals surface area contributed by atoms with E-state index >= 15 is 0 Å². The maximum Gasteiger partial charge on any atom is 0.417 e. The van der Waals surface area contributed by atoms with E-state index < -0.39 is 23.2 Å². The summed E-state index contributed by atoms with van der Waals surface area (Å²) in [6, 6.07) is 8.36. The first kappa shape index (κ1) is 19.1. The molecule has 0 saturated carbocycles. The maximum atomic E-state index is 13.1. The zero-order valence-electron chi connectivity index (χ0n) is 15.0. The van der Waals surface area contributed by atoms with E-state index in [-0.39, 0.29) is 12.6 Å². The number of nitrogens with one attached hydrogen (secondary N) is 1. The molecule has 1 aliphatic rings. The monoisotopic (exact) mass is 379 g/mol. The third-order valence-corrected chi connectivity index (χ3v) is 4.30. The molecular formula is C20H20F3NO3. The van der Waals surface area contributed by atoms with Gasteiger partial charge in [-0.3, -0.25) is 4.79 Å². The third kappa shape index (κ3) is 4.18. The van der Waals surface area contributed by atoms with Crippen LogP contribution in [0.3, 0.4) is 0 Å². The average molecular weight is 379 g/mol. The molecule has 1 heterocycles. The lowest BCUT2D eigenvalue weighted by Gasteiger charge is -2.15. The van der Waals surface area contributed by atoms with E-state index in [1.165, 1.54) is 12.1 Å². The number of benzene rings is 2. The Morgan fingerprint density at radius 3 is 2.74 bits per heavy atom. The first-order valence-corrected chi connectivity index (χ1v) is 8.69. The van der Waals surface area contributed by atoms with Crippen molar-refractivity contribution in [2.75, 3.05) is 6.61 Å². The van der Waals surface area contributed by atoms with Crippen LogP contribution in [0.1, 0.15) is 40.9 Å². The molecule has 0 aliphatic carbocycles. The predicted molar refractivity (Wildman–Crippen MR) is 94.0 cm³/mol. The van der Waals surface area contributed by atoms with Crippen LogP contribution in [0.25, 0.3) is 0 Å². The topological polar surface area (TPSA) is 47.6 Å². The lowest BCUT2D eigenvalue weighted by Crippen LogP contribution is -2.26. The number of carbonyl (C=O) groups excluding carboxylic acids is 1. The van der Waals surface area contributed by atoms with E-state index in [0.717, 1.165) is 24.1 Å². The van der Waals surface area contributed by atoms with Crippen LogP contribution in [0, 0.1) is 0 Å². The van der Waals surface area contributed by atoms with E-state index in [2.05, 4.69) is 5.32 Å². The lowest BCUT2D eigenvalue weighted by molar-refractivity contribution is -0.137. The molecule has 0 saturated heterocycles. The van der Waals surface area contributed by atoms with Crippen molar-refractivity contribution in [3.63, 3.8) is 0 Å². The van der Waals surface area contributed by atoms with Gasteiger partial charge in [-0.05, 0) is 38.1 Å². The summed E-state index contributed by atoms with van der Waals surface area (Å²) in [7, 11) is 0. The van der Waals surface area contributed by atoms with Crippen molar-refractivity contribution in [1.82, 2.24) is 5.32 Å². The Hall–Kier alpha value is -2.70. The molecule has 0 radical (unpaired) electrons. The van der Waals surface area contributed by atoms with Crippen LogP contribution in [-0.4, -0.2) is 18.6 Å². The number of fused-ring (bicyclic) bond motifs is 1. The zero-order valence-corrected chi connectivity index (χ0v) is 15.0. The largest absolute Gasteiger partial charge is 0.494 e. The van der Waals surface area contributed by atoms with E-state index in [9.17, 15) is 18.0 Å². The molecule has 3 rings (SSSR count). The van der Waals surface area contributed by atoms with Crippen LogP contribution >= 0.6 is 0 Å². The molecule has 0 unspecified atom stereocenters. The molecule has 1 N–H and O–H groups in total. The number of hydrogen-bond donors (Lipinski definition) is 1. The van der Waals surface area contributed by atoms with Gasteiger partial charge in [0.2, 0.25) is 0 Å². The summed E-state index contributed by atoms with van der Waals surface area (Å²) in [6.45, 7) is 4.27. The molecule has 1 aliphatic heterocycles. The van der Waals surface area contributed by atoms with Gasteiger partial charge in [0.15, 0.2) is 0 Å². The van der Waals surface area contributed by atoms with Crippen LogP contribution in [0.4, 0.5) is 13.2 Å². The fourth-order valence-corrected chi connectivity index (χ4v) is 3.11. The van der Waals surface area contributed by atoms with Crippen molar-refractivity contribution in [1.29, 1.82) is 0 Å². The van der Waals surface area contributed by atoms with Gasteiger partial charge in [-0.15, -0.1) is 0 Å². The van der Waals surface area contributed by atoms with E-state index in [1.807, 2.05) is 19.9 Å². The Bertz CT molecular complexity index is 849. The average Bonchev–Trinajstić information content (AvgIpc) is 2.98. The summed E-state index contributed by atoms with van der Waals surface area (Å²) in [6.07, 6.45) is -3.78. The van der Waals surface area contributed by atoms with Crippen molar-refractivity contribution in [3.05, 3.63) is 58.7 Å². The molecule has 7 heteroatoms. The summed E-state index contributed by atoms with van der Waals surface area (Å²) in [5.74, 6) is 0.518. The second-order valence-corrected chi connectivity index (χ2v) is 6.36. The minimum Gasteiger partial charge on any atom is -0.494 e. The second kappa shape index (κ2) is 7.50. The Morgan fingerprint density at radius 2 is 2.04 bits per heavy atom. The first-order chi connectivity index (χ1) is 12.8. The molecule has 1 atom stereocenters. The van der Waals surface area contributed by atoms with Crippen molar-refractivity contribution in [3.8, 4) is 11.5 Å². The highest BCUT2D eigenvalue weighted by Gasteiger charge is 2.34. The number of amides is 1. The highest BCUT2D eigenvalue weighted by molar-refractivity contribution is 5.95. The molecule has 0 aromatic heterocycles. The van der Waals surface area contributed by atoms with Crippen LogP contribution in [0.2, 0.25) is 0 Å². The van der Waals surface area contributed by atoms with Crippen LogP contribution in [0.5, 0.6) is 11.5 Å². The highest BCUT2D eigenvalue weighted by Crippen LogP contribution is 2.35. The standard InChI is InChI=1S/C20H20F3NO3/c1-3-26-17-9-13-8-12(2)27-18(13)10-14(17)11-24-19(25)15-6-4-5-7-16(15)20(21,22)23/h4-7,9-10,12H,3,8,11H2,1-2H3,(H,24,25)/t12-/m0/s1. The van der Waals surface area contributed by atoms with Gasteiger partial charge in [-0.1, -0.05) is 12.1 Å². The number of carbonyl (C=O) groups is 1. The number of hydrogen-bond acceptors (Lipinski definition) is 3. The van der Waals surface area contributed by atoms with Crippen LogP contribution in [0.15, 0.2) is 36.4 Å². The molecular weight excluding hydrogens is 359 g/mol.